The smallest absolute Gasteiger partial charge is 0.0280 e. The van der Waals surface area contributed by atoms with E-state index >= 15 is 0 Å². The molecule has 1 aliphatic carbocycles. The lowest BCUT2D eigenvalue weighted by atomic mass is 9.78. The van der Waals surface area contributed by atoms with Crippen LogP contribution in [-0.2, 0) is 0 Å². The van der Waals surface area contributed by atoms with Crippen LogP contribution in [0, 0.1) is 24.7 Å². The Balaban J connectivity index is 1.65. The van der Waals surface area contributed by atoms with E-state index in [1.165, 1.54) is 80.0 Å². The summed E-state index contributed by atoms with van der Waals surface area (Å²) >= 11 is 0. The Morgan fingerprint density at radius 3 is 2.28 bits per heavy atom. The largest absolute Gasteiger partial charge is 0.0945 e. The monoisotopic (exact) mass is 386 g/mol. The summed E-state index contributed by atoms with van der Waals surface area (Å²) in [6.45, 7) is 6.77. The van der Waals surface area contributed by atoms with Gasteiger partial charge in [-0.1, -0.05) is 93.0 Å². The average molecular weight is 387 g/mol. The van der Waals surface area contributed by atoms with E-state index in [9.17, 15) is 0 Å². The van der Waals surface area contributed by atoms with Crippen LogP contribution in [0.1, 0.15) is 106 Å². The highest BCUT2D eigenvalue weighted by Crippen LogP contribution is 2.36. The first-order valence-electron chi connectivity index (χ1n) is 11.9. The molecule has 1 aliphatic rings. The van der Waals surface area contributed by atoms with E-state index in [0.717, 1.165) is 5.92 Å². The molecular weight excluding hydrogens is 348 g/mol. The van der Waals surface area contributed by atoms with E-state index < -0.39 is 0 Å². The Morgan fingerprint density at radius 2 is 1.59 bits per heavy atom. The fraction of sp³-hybridized carbons (Fsp3) is 0.517. The Labute approximate surface area is 179 Å². The molecule has 1 saturated carbocycles. The molecule has 0 spiro atoms. The minimum atomic E-state index is 0.560. The SMILES string of the molecule is CCCCC(CCC)c1ccccc1C#CC1CCC(c2ccc(C)cc2)CC1. The molecule has 29 heavy (non-hydrogen) atoms. The van der Waals surface area contributed by atoms with Crippen LogP contribution in [0.15, 0.2) is 48.5 Å². The molecule has 0 radical (unpaired) electrons. The van der Waals surface area contributed by atoms with Crippen molar-refractivity contribution in [2.45, 2.75) is 90.4 Å². The summed E-state index contributed by atoms with van der Waals surface area (Å²) in [7, 11) is 0. The van der Waals surface area contributed by atoms with Gasteiger partial charge in [0.1, 0.15) is 0 Å². The summed E-state index contributed by atoms with van der Waals surface area (Å²) in [5, 5.41) is 0. The molecule has 1 unspecified atom stereocenters. The van der Waals surface area contributed by atoms with Gasteiger partial charge >= 0.3 is 0 Å². The first-order valence-corrected chi connectivity index (χ1v) is 11.9. The van der Waals surface area contributed by atoms with Crippen molar-refractivity contribution < 1.29 is 0 Å². The zero-order valence-corrected chi connectivity index (χ0v) is 18.7. The van der Waals surface area contributed by atoms with Crippen LogP contribution in [0.2, 0.25) is 0 Å². The van der Waals surface area contributed by atoms with Gasteiger partial charge in [0.2, 0.25) is 0 Å². The van der Waals surface area contributed by atoms with Crippen LogP contribution in [0.5, 0.6) is 0 Å². The van der Waals surface area contributed by atoms with E-state index in [4.69, 9.17) is 0 Å². The maximum Gasteiger partial charge on any atom is 0.0280 e. The summed E-state index contributed by atoms with van der Waals surface area (Å²) in [6.07, 6.45) is 11.4. The van der Waals surface area contributed by atoms with Gasteiger partial charge in [-0.15, -0.1) is 0 Å². The van der Waals surface area contributed by atoms with Crippen molar-refractivity contribution in [2.75, 3.05) is 0 Å². The second-order valence-electron chi connectivity index (χ2n) is 8.94. The number of rotatable bonds is 7. The Bertz CT molecular complexity index is 794. The van der Waals surface area contributed by atoms with E-state index in [0.29, 0.717) is 11.8 Å². The van der Waals surface area contributed by atoms with Crippen molar-refractivity contribution in [3.8, 4) is 11.8 Å². The summed E-state index contributed by atoms with van der Waals surface area (Å²) in [4.78, 5) is 0. The molecule has 154 valence electrons. The summed E-state index contributed by atoms with van der Waals surface area (Å²) < 4.78 is 0. The second-order valence-corrected chi connectivity index (χ2v) is 8.94. The molecular formula is C29H38. The van der Waals surface area contributed by atoms with Gasteiger partial charge < -0.3 is 0 Å². The predicted molar refractivity (Wildman–Crippen MR) is 126 cm³/mol. The van der Waals surface area contributed by atoms with Gasteiger partial charge in [-0.25, -0.2) is 0 Å². The van der Waals surface area contributed by atoms with Crippen LogP contribution >= 0.6 is 0 Å². The molecule has 0 heterocycles. The van der Waals surface area contributed by atoms with Crippen molar-refractivity contribution in [3.05, 3.63) is 70.8 Å². The lowest BCUT2D eigenvalue weighted by Crippen LogP contribution is -2.12. The number of aryl methyl sites for hydroxylation is 1. The zero-order valence-electron chi connectivity index (χ0n) is 18.7. The fourth-order valence-corrected chi connectivity index (χ4v) is 4.81. The molecule has 2 aromatic rings. The van der Waals surface area contributed by atoms with Gasteiger partial charge in [0.15, 0.2) is 0 Å². The molecule has 0 aliphatic heterocycles. The first-order chi connectivity index (χ1) is 14.2. The van der Waals surface area contributed by atoms with Gasteiger partial charge in [-0.05, 0) is 74.5 Å². The average Bonchev–Trinajstić information content (AvgIpc) is 2.76. The van der Waals surface area contributed by atoms with Gasteiger partial charge in [0.25, 0.3) is 0 Å². The molecule has 0 amide bonds. The van der Waals surface area contributed by atoms with E-state index in [-0.39, 0.29) is 0 Å². The van der Waals surface area contributed by atoms with Crippen molar-refractivity contribution in [2.24, 2.45) is 5.92 Å². The fourth-order valence-electron chi connectivity index (χ4n) is 4.81. The third-order valence-corrected chi connectivity index (χ3v) is 6.63. The predicted octanol–water partition coefficient (Wildman–Crippen LogP) is 8.39. The highest BCUT2D eigenvalue weighted by Gasteiger charge is 2.21. The summed E-state index contributed by atoms with van der Waals surface area (Å²) in [6, 6.07) is 18.1. The molecule has 0 saturated heterocycles. The Morgan fingerprint density at radius 1 is 0.862 bits per heavy atom. The molecule has 0 heteroatoms. The third kappa shape index (κ3) is 6.24. The standard InChI is InChI=1S/C29H38/c1-4-6-10-27(9-5-2)29-12-8-7-11-28(29)22-17-24-15-20-26(21-16-24)25-18-13-23(3)14-19-25/h7-8,11-14,18-19,24,26-27H,4-6,9-10,15-16,20-21H2,1-3H3. The third-order valence-electron chi connectivity index (χ3n) is 6.63. The van der Waals surface area contributed by atoms with Crippen molar-refractivity contribution in [1.29, 1.82) is 0 Å². The lowest BCUT2D eigenvalue weighted by molar-refractivity contribution is 0.384. The number of hydrogen-bond donors (Lipinski definition) is 0. The van der Waals surface area contributed by atoms with Crippen LogP contribution < -0.4 is 0 Å². The van der Waals surface area contributed by atoms with Crippen molar-refractivity contribution in [3.63, 3.8) is 0 Å². The van der Waals surface area contributed by atoms with Crippen LogP contribution in [0.4, 0.5) is 0 Å². The lowest BCUT2D eigenvalue weighted by Gasteiger charge is -2.26. The van der Waals surface area contributed by atoms with E-state index in [2.05, 4.69) is 81.1 Å². The minimum Gasteiger partial charge on any atom is -0.0945 e. The summed E-state index contributed by atoms with van der Waals surface area (Å²) in [5.74, 6) is 9.23. The number of benzene rings is 2. The molecule has 1 atom stereocenters. The van der Waals surface area contributed by atoms with E-state index in [1.807, 2.05) is 0 Å². The number of unbranched alkanes of at least 4 members (excludes halogenated alkanes) is 1. The molecule has 0 nitrogen and oxygen atoms in total. The van der Waals surface area contributed by atoms with E-state index in [1.54, 1.807) is 0 Å². The van der Waals surface area contributed by atoms with Crippen molar-refractivity contribution in [1.82, 2.24) is 0 Å². The number of hydrogen-bond acceptors (Lipinski definition) is 0. The highest BCUT2D eigenvalue weighted by atomic mass is 14.3. The molecule has 0 aromatic heterocycles. The molecule has 2 aromatic carbocycles. The quantitative estimate of drug-likeness (QED) is 0.419. The zero-order chi connectivity index (χ0) is 20.5. The molecule has 3 rings (SSSR count). The highest BCUT2D eigenvalue weighted by molar-refractivity contribution is 5.43. The minimum absolute atomic E-state index is 0.560. The van der Waals surface area contributed by atoms with Crippen LogP contribution in [0.25, 0.3) is 0 Å². The maximum absolute atomic E-state index is 3.66. The normalized spacial score (nSPS) is 20.0. The molecule has 0 N–H and O–H groups in total. The Kier molecular flexibility index (Phi) is 8.42. The molecule has 0 bridgehead atoms. The van der Waals surface area contributed by atoms with Gasteiger partial charge in [-0.3, -0.25) is 0 Å². The van der Waals surface area contributed by atoms with Gasteiger partial charge in [-0.2, -0.15) is 0 Å². The van der Waals surface area contributed by atoms with Crippen LogP contribution in [-0.4, -0.2) is 0 Å². The van der Waals surface area contributed by atoms with Crippen molar-refractivity contribution >= 4 is 0 Å². The second kappa shape index (κ2) is 11.3. The molecule has 1 fully saturated rings. The Hall–Kier alpha value is -2.00. The maximum atomic E-state index is 3.66. The van der Waals surface area contributed by atoms with Gasteiger partial charge in [0, 0.05) is 11.5 Å². The van der Waals surface area contributed by atoms with Crippen LogP contribution in [0.3, 0.4) is 0 Å². The summed E-state index contributed by atoms with van der Waals surface area (Å²) in [5.41, 5.74) is 5.64. The first kappa shape index (κ1) is 21.7. The van der Waals surface area contributed by atoms with Gasteiger partial charge in [0.05, 0.1) is 0 Å². The topological polar surface area (TPSA) is 0 Å².